The summed E-state index contributed by atoms with van der Waals surface area (Å²) in [5.41, 5.74) is 4.42. The maximum Gasteiger partial charge on any atom is 0.232 e. The highest BCUT2D eigenvalue weighted by molar-refractivity contribution is 6.00. The normalized spacial score (nSPS) is 14.5. The number of benzene rings is 2. The van der Waals surface area contributed by atoms with Gasteiger partial charge in [0.25, 0.3) is 0 Å². The first kappa shape index (κ1) is 18.3. The van der Waals surface area contributed by atoms with Gasteiger partial charge in [0.05, 0.1) is 24.4 Å². The SMILES string of the molecule is CC[C@@H](C(=O)Nc1c(-c2ccccc2OC)n[nH]c1C1CC1)c1ccccc1. The van der Waals surface area contributed by atoms with Crippen LogP contribution in [0, 0.1) is 0 Å². The minimum absolute atomic E-state index is 0.00634. The maximum atomic E-state index is 13.2. The van der Waals surface area contributed by atoms with Gasteiger partial charge in [0.1, 0.15) is 11.4 Å². The van der Waals surface area contributed by atoms with Gasteiger partial charge >= 0.3 is 0 Å². The van der Waals surface area contributed by atoms with Gasteiger partial charge in [-0.3, -0.25) is 9.89 Å². The van der Waals surface area contributed by atoms with E-state index in [0.717, 1.165) is 53.2 Å². The van der Waals surface area contributed by atoms with Crippen LogP contribution in [0.4, 0.5) is 5.69 Å². The average molecular weight is 375 g/mol. The number of nitrogens with one attached hydrogen (secondary N) is 2. The lowest BCUT2D eigenvalue weighted by molar-refractivity contribution is -0.117. The summed E-state index contributed by atoms with van der Waals surface area (Å²) in [5, 5.41) is 10.9. The summed E-state index contributed by atoms with van der Waals surface area (Å²) in [5.74, 6) is 0.965. The molecule has 1 heterocycles. The summed E-state index contributed by atoms with van der Waals surface area (Å²) in [6.45, 7) is 2.04. The van der Waals surface area contributed by atoms with Gasteiger partial charge in [-0.25, -0.2) is 0 Å². The lowest BCUT2D eigenvalue weighted by Crippen LogP contribution is -2.21. The van der Waals surface area contributed by atoms with Crippen molar-refractivity contribution in [2.24, 2.45) is 0 Å². The standard InChI is InChI=1S/C23H25N3O2/c1-3-17(15-9-5-4-6-10-15)23(27)24-22-20(16-13-14-16)25-26-21(22)18-11-7-8-12-19(18)28-2/h4-12,16-17H,3,13-14H2,1-2H3,(H,24,27)(H,25,26)/t17-/m1/s1. The minimum atomic E-state index is -0.200. The van der Waals surface area contributed by atoms with Crippen molar-refractivity contribution < 1.29 is 9.53 Å². The molecule has 2 aromatic carbocycles. The predicted octanol–water partition coefficient (Wildman–Crippen LogP) is 5.10. The van der Waals surface area contributed by atoms with Gasteiger partial charge in [-0.05, 0) is 37.0 Å². The van der Waals surface area contributed by atoms with E-state index in [0.29, 0.717) is 5.92 Å². The van der Waals surface area contributed by atoms with Crippen molar-refractivity contribution in [1.82, 2.24) is 10.2 Å². The monoisotopic (exact) mass is 375 g/mol. The van der Waals surface area contributed by atoms with E-state index in [2.05, 4.69) is 15.5 Å². The Morgan fingerprint density at radius 3 is 2.57 bits per heavy atom. The van der Waals surface area contributed by atoms with E-state index < -0.39 is 0 Å². The van der Waals surface area contributed by atoms with Gasteiger partial charge in [-0.15, -0.1) is 0 Å². The Balaban J connectivity index is 1.70. The van der Waals surface area contributed by atoms with Crippen LogP contribution in [0.15, 0.2) is 54.6 Å². The molecule has 0 unspecified atom stereocenters. The van der Waals surface area contributed by atoms with Crippen molar-refractivity contribution in [2.75, 3.05) is 12.4 Å². The van der Waals surface area contributed by atoms with Gasteiger partial charge < -0.3 is 10.1 Å². The highest BCUT2D eigenvalue weighted by Gasteiger charge is 2.32. The van der Waals surface area contributed by atoms with Crippen LogP contribution in [0.2, 0.25) is 0 Å². The molecule has 0 radical (unpaired) electrons. The molecule has 1 aliphatic carbocycles. The number of para-hydroxylation sites is 1. The number of amides is 1. The maximum absolute atomic E-state index is 13.2. The zero-order chi connectivity index (χ0) is 19.5. The van der Waals surface area contributed by atoms with E-state index in [9.17, 15) is 4.79 Å². The van der Waals surface area contributed by atoms with E-state index in [1.165, 1.54) is 0 Å². The minimum Gasteiger partial charge on any atom is -0.496 e. The lowest BCUT2D eigenvalue weighted by Gasteiger charge is -2.17. The Hall–Kier alpha value is -3.08. The first-order chi connectivity index (χ1) is 13.7. The van der Waals surface area contributed by atoms with Crippen LogP contribution < -0.4 is 10.1 Å². The summed E-state index contributed by atoms with van der Waals surface area (Å²) >= 11 is 0. The number of aromatic nitrogens is 2. The molecule has 0 bridgehead atoms. The second kappa shape index (κ2) is 7.89. The van der Waals surface area contributed by atoms with Crippen LogP contribution >= 0.6 is 0 Å². The van der Waals surface area contributed by atoms with Crippen molar-refractivity contribution in [1.29, 1.82) is 0 Å². The third-order valence-electron chi connectivity index (χ3n) is 5.32. The molecule has 1 fully saturated rings. The van der Waals surface area contributed by atoms with Gasteiger partial charge in [0, 0.05) is 11.5 Å². The first-order valence-electron chi connectivity index (χ1n) is 9.80. The highest BCUT2D eigenvalue weighted by atomic mass is 16.5. The Bertz CT molecular complexity index is 961. The fourth-order valence-electron chi connectivity index (χ4n) is 3.65. The molecular formula is C23H25N3O2. The Morgan fingerprint density at radius 2 is 1.89 bits per heavy atom. The smallest absolute Gasteiger partial charge is 0.232 e. The molecule has 1 atom stereocenters. The summed E-state index contributed by atoms with van der Waals surface area (Å²) in [6.07, 6.45) is 2.97. The molecule has 0 aliphatic heterocycles. The first-order valence-corrected chi connectivity index (χ1v) is 9.80. The molecule has 2 N–H and O–H groups in total. The number of anilines is 1. The number of hydrogen-bond acceptors (Lipinski definition) is 3. The largest absolute Gasteiger partial charge is 0.496 e. The molecular weight excluding hydrogens is 350 g/mol. The number of hydrogen-bond donors (Lipinski definition) is 2. The topological polar surface area (TPSA) is 67.0 Å². The van der Waals surface area contributed by atoms with Crippen LogP contribution in [-0.2, 0) is 4.79 Å². The van der Waals surface area contributed by atoms with E-state index in [-0.39, 0.29) is 11.8 Å². The molecule has 0 spiro atoms. The molecule has 5 heteroatoms. The summed E-state index contributed by atoms with van der Waals surface area (Å²) in [4.78, 5) is 13.2. The second-order valence-electron chi connectivity index (χ2n) is 7.20. The van der Waals surface area contributed by atoms with Crippen LogP contribution in [0.25, 0.3) is 11.3 Å². The number of methoxy groups -OCH3 is 1. The van der Waals surface area contributed by atoms with Gasteiger partial charge in [-0.1, -0.05) is 49.4 Å². The number of carbonyl (C=O) groups is 1. The van der Waals surface area contributed by atoms with E-state index in [4.69, 9.17) is 4.74 Å². The zero-order valence-corrected chi connectivity index (χ0v) is 16.2. The molecule has 1 aliphatic rings. The van der Waals surface area contributed by atoms with Crippen LogP contribution in [-0.4, -0.2) is 23.2 Å². The van der Waals surface area contributed by atoms with Crippen LogP contribution in [0.1, 0.15) is 49.3 Å². The van der Waals surface area contributed by atoms with Gasteiger partial charge in [0.15, 0.2) is 0 Å². The molecule has 4 rings (SSSR count). The molecule has 144 valence electrons. The molecule has 3 aromatic rings. The molecule has 1 amide bonds. The van der Waals surface area contributed by atoms with E-state index in [1.54, 1.807) is 7.11 Å². The summed E-state index contributed by atoms with van der Waals surface area (Å²) in [7, 11) is 1.65. The summed E-state index contributed by atoms with van der Waals surface area (Å²) in [6, 6.07) is 17.7. The second-order valence-corrected chi connectivity index (χ2v) is 7.20. The number of rotatable bonds is 7. The quantitative estimate of drug-likeness (QED) is 0.604. The molecule has 0 saturated heterocycles. The number of ether oxygens (including phenoxy) is 1. The fraction of sp³-hybridized carbons (Fsp3) is 0.304. The van der Waals surface area contributed by atoms with Crippen molar-refractivity contribution in [2.45, 2.75) is 38.0 Å². The highest BCUT2D eigenvalue weighted by Crippen LogP contribution is 2.46. The number of nitrogens with zero attached hydrogens (tertiary/aromatic N) is 1. The van der Waals surface area contributed by atoms with Crippen molar-refractivity contribution >= 4 is 11.6 Å². The van der Waals surface area contributed by atoms with Crippen molar-refractivity contribution in [3.8, 4) is 17.0 Å². The molecule has 5 nitrogen and oxygen atoms in total. The number of H-pyrrole nitrogens is 1. The van der Waals surface area contributed by atoms with E-state index in [1.807, 2.05) is 61.5 Å². The molecule has 28 heavy (non-hydrogen) atoms. The Morgan fingerprint density at radius 1 is 1.18 bits per heavy atom. The predicted molar refractivity (Wildman–Crippen MR) is 111 cm³/mol. The molecule has 1 aromatic heterocycles. The van der Waals surface area contributed by atoms with Gasteiger partial charge in [0.2, 0.25) is 5.91 Å². The van der Waals surface area contributed by atoms with Crippen LogP contribution in [0.3, 0.4) is 0 Å². The average Bonchev–Trinajstić information content (AvgIpc) is 3.50. The van der Waals surface area contributed by atoms with Crippen LogP contribution in [0.5, 0.6) is 5.75 Å². The Kier molecular flexibility index (Phi) is 5.15. The van der Waals surface area contributed by atoms with E-state index >= 15 is 0 Å². The zero-order valence-electron chi connectivity index (χ0n) is 16.2. The van der Waals surface area contributed by atoms with Crippen molar-refractivity contribution in [3.05, 3.63) is 65.9 Å². The Labute approximate surface area is 165 Å². The van der Waals surface area contributed by atoms with Gasteiger partial charge in [-0.2, -0.15) is 5.10 Å². The molecule has 1 saturated carbocycles. The summed E-state index contributed by atoms with van der Waals surface area (Å²) < 4.78 is 5.52. The number of aromatic amines is 1. The fourth-order valence-corrected chi connectivity index (χ4v) is 3.65. The number of carbonyl (C=O) groups excluding carboxylic acids is 1. The third-order valence-corrected chi connectivity index (χ3v) is 5.32. The third kappa shape index (κ3) is 3.52. The lowest BCUT2D eigenvalue weighted by atomic mass is 9.95. The van der Waals surface area contributed by atoms with Crippen molar-refractivity contribution in [3.63, 3.8) is 0 Å².